The molecule has 229 valence electrons. The molecular formula is C42H40IrN2-2. The van der Waals surface area contributed by atoms with Crippen molar-refractivity contribution >= 4 is 0 Å². The molecule has 0 saturated carbocycles. The van der Waals surface area contributed by atoms with E-state index in [-0.39, 0.29) is 25.5 Å². The van der Waals surface area contributed by atoms with E-state index in [0.29, 0.717) is 5.56 Å². The number of benzene rings is 4. The third kappa shape index (κ3) is 8.94. The standard InChI is InChI=1S/C26H22N.C16H18N.Ir/c1-26(2,23-15-7-4-8-16-23)24-17-10-18-27-25(24)22-14-9-13-21(19-22)20-11-5-3-6-12-20;1-16(2,3)12-13-9-10-17-15(11-13)14-7-5-4-6-8-14;/h3-13,15-19H,1-2H3;4-7,9-11H,12H2,1-3H3;/q2*-1;/i;12D2;. The largest absolute Gasteiger partial charge is 0.305 e. The molecule has 0 aliphatic heterocycles. The Morgan fingerprint density at radius 3 is 2.00 bits per heavy atom. The molecule has 2 aromatic heterocycles. The number of hydrogen-bond acceptors (Lipinski definition) is 2. The predicted molar refractivity (Wildman–Crippen MR) is 184 cm³/mol. The monoisotopic (exact) mass is 767 g/mol. The maximum absolute atomic E-state index is 8.31. The second-order valence-corrected chi connectivity index (χ2v) is 12.3. The van der Waals surface area contributed by atoms with Crippen LogP contribution in [0.2, 0.25) is 0 Å². The number of aromatic nitrogens is 2. The van der Waals surface area contributed by atoms with Crippen molar-refractivity contribution in [1.29, 1.82) is 0 Å². The van der Waals surface area contributed by atoms with E-state index in [1.165, 1.54) is 22.3 Å². The van der Waals surface area contributed by atoms with Crippen molar-refractivity contribution in [1.82, 2.24) is 9.97 Å². The summed E-state index contributed by atoms with van der Waals surface area (Å²) in [4.78, 5) is 9.05. The Morgan fingerprint density at radius 1 is 0.622 bits per heavy atom. The molecule has 0 saturated heterocycles. The zero-order valence-corrected chi connectivity index (χ0v) is 28.9. The molecule has 0 N–H and O–H groups in total. The molecule has 0 spiro atoms. The average Bonchev–Trinajstić information content (AvgIpc) is 3.09. The van der Waals surface area contributed by atoms with Crippen molar-refractivity contribution in [2.45, 2.75) is 46.4 Å². The molecule has 6 rings (SSSR count). The van der Waals surface area contributed by atoms with Crippen LogP contribution in [0.1, 0.15) is 54.1 Å². The summed E-state index contributed by atoms with van der Waals surface area (Å²) in [7, 11) is 0. The van der Waals surface area contributed by atoms with Crippen molar-refractivity contribution in [2.75, 3.05) is 0 Å². The van der Waals surface area contributed by atoms with Gasteiger partial charge in [-0.15, -0.1) is 71.3 Å². The fourth-order valence-corrected chi connectivity index (χ4v) is 5.19. The van der Waals surface area contributed by atoms with Gasteiger partial charge in [-0.25, -0.2) is 0 Å². The fourth-order valence-electron chi connectivity index (χ4n) is 5.19. The molecule has 2 nitrogen and oxygen atoms in total. The van der Waals surface area contributed by atoms with Crippen LogP contribution in [0.3, 0.4) is 0 Å². The van der Waals surface area contributed by atoms with Crippen LogP contribution in [-0.4, -0.2) is 9.97 Å². The van der Waals surface area contributed by atoms with E-state index in [2.05, 4.69) is 104 Å². The van der Waals surface area contributed by atoms with Gasteiger partial charge >= 0.3 is 0 Å². The van der Waals surface area contributed by atoms with E-state index < -0.39 is 11.8 Å². The molecule has 6 aromatic rings. The van der Waals surface area contributed by atoms with Crippen molar-refractivity contribution in [3.05, 3.63) is 169 Å². The molecular weight excluding hydrogens is 725 g/mol. The molecule has 0 bridgehead atoms. The maximum Gasteiger partial charge on any atom is 0.0321 e. The van der Waals surface area contributed by atoms with Crippen LogP contribution in [-0.2, 0) is 31.9 Å². The topological polar surface area (TPSA) is 25.8 Å². The van der Waals surface area contributed by atoms with E-state index in [4.69, 9.17) is 7.73 Å². The summed E-state index contributed by atoms with van der Waals surface area (Å²) >= 11 is 0. The van der Waals surface area contributed by atoms with E-state index in [9.17, 15) is 0 Å². The van der Waals surface area contributed by atoms with Gasteiger partial charge in [-0.3, -0.25) is 0 Å². The Hall–Kier alpha value is -4.17. The Labute approximate surface area is 285 Å². The second-order valence-electron chi connectivity index (χ2n) is 12.3. The molecule has 0 atom stereocenters. The molecule has 3 heteroatoms. The Bertz CT molecular complexity index is 1870. The van der Waals surface area contributed by atoms with Gasteiger partial charge in [-0.05, 0) is 46.4 Å². The van der Waals surface area contributed by atoms with E-state index >= 15 is 0 Å². The smallest absolute Gasteiger partial charge is 0.0321 e. The summed E-state index contributed by atoms with van der Waals surface area (Å²) in [5.74, 6) is 0. The first-order valence-electron chi connectivity index (χ1n) is 16.0. The Kier molecular flexibility index (Phi) is 10.4. The number of pyridine rings is 2. The quantitative estimate of drug-likeness (QED) is 0.158. The van der Waals surface area contributed by atoms with Crippen LogP contribution in [0.5, 0.6) is 0 Å². The summed E-state index contributed by atoms with van der Waals surface area (Å²) in [6.07, 6.45) is 2.12. The van der Waals surface area contributed by atoms with Crippen molar-refractivity contribution in [2.24, 2.45) is 5.41 Å². The van der Waals surface area contributed by atoms with Crippen molar-refractivity contribution < 1.29 is 22.8 Å². The van der Waals surface area contributed by atoms with Crippen LogP contribution in [0.15, 0.2) is 140 Å². The van der Waals surface area contributed by atoms with E-state index in [0.717, 1.165) is 22.5 Å². The second kappa shape index (κ2) is 15.2. The summed E-state index contributed by atoms with van der Waals surface area (Å²) in [6, 6.07) is 49.2. The third-order valence-electron chi connectivity index (χ3n) is 7.40. The summed E-state index contributed by atoms with van der Waals surface area (Å²) < 4.78 is 16.6. The Morgan fingerprint density at radius 2 is 1.31 bits per heavy atom. The predicted octanol–water partition coefficient (Wildman–Crippen LogP) is 10.7. The minimum absolute atomic E-state index is 0. The number of rotatable bonds is 6. The Balaban J connectivity index is 0.000000221. The van der Waals surface area contributed by atoms with Gasteiger partial charge < -0.3 is 9.97 Å². The van der Waals surface area contributed by atoms with E-state index in [1.54, 1.807) is 12.3 Å². The van der Waals surface area contributed by atoms with Gasteiger partial charge in [0.25, 0.3) is 0 Å². The van der Waals surface area contributed by atoms with Crippen LogP contribution < -0.4 is 0 Å². The van der Waals surface area contributed by atoms with Crippen LogP contribution in [0, 0.1) is 17.5 Å². The summed E-state index contributed by atoms with van der Waals surface area (Å²) in [5, 5.41) is 0. The van der Waals surface area contributed by atoms with E-state index in [1.807, 2.05) is 75.5 Å². The van der Waals surface area contributed by atoms with Gasteiger partial charge in [0.15, 0.2) is 0 Å². The minimum atomic E-state index is -1.40. The number of hydrogen-bond donors (Lipinski definition) is 0. The zero-order valence-electron chi connectivity index (χ0n) is 28.5. The fraction of sp³-hybridized carbons (Fsp3) is 0.190. The van der Waals surface area contributed by atoms with Crippen LogP contribution >= 0.6 is 0 Å². The first-order chi connectivity index (χ1) is 22.0. The molecule has 4 aromatic carbocycles. The van der Waals surface area contributed by atoms with Crippen molar-refractivity contribution in [3.63, 3.8) is 0 Å². The van der Waals surface area contributed by atoms with Gasteiger partial charge in [0.05, 0.1) is 0 Å². The van der Waals surface area contributed by atoms with Crippen LogP contribution in [0.4, 0.5) is 0 Å². The molecule has 2 heterocycles. The van der Waals surface area contributed by atoms with Gasteiger partial charge in [-0.1, -0.05) is 119 Å². The normalized spacial score (nSPS) is 12.1. The molecule has 0 unspecified atom stereocenters. The molecule has 0 aliphatic carbocycles. The summed E-state index contributed by atoms with van der Waals surface area (Å²) in [6.45, 7) is 10.2. The molecule has 45 heavy (non-hydrogen) atoms. The minimum Gasteiger partial charge on any atom is -0.305 e. The molecule has 1 radical (unpaired) electrons. The maximum atomic E-state index is 8.31. The van der Waals surface area contributed by atoms with Gasteiger partial charge in [0.1, 0.15) is 0 Å². The number of nitrogens with zero attached hydrogens (tertiary/aromatic N) is 2. The molecule has 0 fully saturated rings. The van der Waals surface area contributed by atoms with Crippen molar-refractivity contribution in [3.8, 4) is 33.6 Å². The average molecular weight is 767 g/mol. The summed E-state index contributed by atoms with van der Waals surface area (Å²) in [5.41, 5.74) is 8.55. The van der Waals surface area contributed by atoms with Gasteiger partial charge in [0, 0.05) is 40.7 Å². The first kappa shape index (κ1) is 30.8. The third-order valence-corrected chi connectivity index (χ3v) is 7.40. The van der Waals surface area contributed by atoms with Gasteiger partial charge in [0.2, 0.25) is 0 Å². The molecule has 0 aliphatic rings. The van der Waals surface area contributed by atoms with Gasteiger partial charge in [-0.2, -0.15) is 0 Å². The first-order valence-corrected chi connectivity index (χ1v) is 15.0. The molecule has 0 amide bonds. The SMILES string of the molecule is CC(C)(c1ccccc1)c1cccnc1-c1[c-]ccc(-c2ccccc2)c1.[2H]C([2H])(c1ccnc(-c2[c-]cccc2)c1)C(C)(C)C.[Ir]. The van der Waals surface area contributed by atoms with Crippen LogP contribution in [0.25, 0.3) is 33.6 Å². The zero-order chi connectivity index (χ0) is 32.8.